The van der Waals surface area contributed by atoms with E-state index in [1.807, 2.05) is 18.2 Å². The van der Waals surface area contributed by atoms with Gasteiger partial charge in [-0.15, -0.1) is 0 Å². The second-order valence-corrected chi connectivity index (χ2v) is 9.54. The Bertz CT molecular complexity index is 1380. The standard InChI is InChI=1S/C29H30FN3O2/c1-19(2)24-12-11-20(3)15-27(24)35-14-13-32-26-10-5-4-9-25(26)31-29(32)21-16-28(34)33(18-21)23-8-6-7-22(30)17-23/h4-12,15,17,19,21H,13-14,16,18H2,1-3H3. The third-order valence-electron chi connectivity index (χ3n) is 6.66. The molecule has 1 atom stereocenters. The number of carbonyl (C=O) groups excluding carboxylic acids is 1. The van der Waals surface area contributed by atoms with E-state index in [1.54, 1.807) is 17.0 Å². The van der Waals surface area contributed by atoms with Crippen molar-refractivity contribution in [1.29, 1.82) is 0 Å². The number of nitrogens with zero attached hydrogens (tertiary/aromatic N) is 3. The number of imidazole rings is 1. The molecule has 4 aromatic rings. The highest BCUT2D eigenvalue weighted by molar-refractivity contribution is 5.96. The predicted molar refractivity (Wildman–Crippen MR) is 137 cm³/mol. The Hall–Kier alpha value is -3.67. The van der Waals surface area contributed by atoms with Crippen LogP contribution in [0.15, 0.2) is 66.7 Å². The van der Waals surface area contributed by atoms with Crippen molar-refractivity contribution in [2.24, 2.45) is 0 Å². The number of anilines is 1. The summed E-state index contributed by atoms with van der Waals surface area (Å²) < 4.78 is 22.2. The van der Waals surface area contributed by atoms with Crippen LogP contribution < -0.4 is 9.64 Å². The molecule has 2 heterocycles. The van der Waals surface area contributed by atoms with Gasteiger partial charge in [-0.05, 0) is 60.4 Å². The van der Waals surface area contributed by atoms with Gasteiger partial charge in [0.1, 0.15) is 24.0 Å². The van der Waals surface area contributed by atoms with Crippen LogP contribution in [-0.2, 0) is 11.3 Å². The minimum absolute atomic E-state index is 0.0169. The number of aryl methyl sites for hydroxylation is 1. The molecule has 0 N–H and O–H groups in total. The summed E-state index contributed by atoms with van der Waals surface area (Å²) >= 11 is 0. The number of aromatic nitrogens is 2. The molecule has 1 saturated heterocycles. The molecule has 1 unspecified atom stereocenters. The fraction of sp³-hybridized carbons (Fsp3) is 0.310. The molecule has 1 aromatic heterocycles. The zero-order valence-corrected chi connectivity index (χ0v) is 20.4. The van der Waals surface area contributed by atoms with Gasteiger partial charge in [-0.2, -0.15) is 0 Å². The van der Waals surface area contributed by atoms with E-state index in [4.69, 9.17) is 9.72 Å². The molecule has 1 aliphatic rings. The average molecular weight is 472 g/mol. The molecule has 5 rings (SSSR count). The zero-order chi connectivity index (χ0) is 24.5. The molecule has 1 aliphatic heterocycles. The van der Waals surface area contributed by atoms with Crippen molar-refractivity contribution in [2.45, 2.75) is 45.6 Å². The second kappa shape index (κ2) is 9.53. The van der Waals surface area contributed by atoms with Crippen molar-refractivity contribution in [3.05, 3.63) is 89.5 Å². The van der Waals surface area contributed by atoms with Gasteiger partial charge >= 0.3 is 0 Å². The van der Waals surface area contributed by atoms with Crippen LogP contribution in [0.25, 0.3) is 11.0 Å². The first-order chi connectivity index (χ1) is 16.9. The number of hydrogen-bond donors (Lipinski definition) is 0. The van der Waals surface area contributed by atoms with Gasteiger partial charge in [0.2, 0.25) is 5.91 Å². The molecule has 0 radical (unpaired) electrons. The summed E-state index contributed by atoms with van der Waals surface area (Å²) in [5.41, 5.74) is 4.87. The Labute approximate surface area is 205 Å². The van der Waals surface area contributed by atoms with Gasteiger partial charge < -0.3 is 14.2 Å². The van der Waals surface area contributed by atoms with Crippen LogP contribution >= 0.6 is 0 Å². The van der Waals surface area contributed by atoms with Gasteiger partial charge in [-0.1, -0.05) is 44.2 Å². The topological polar surface area (TPSA) is 47.4 Å². The lowest BCUT2D eigenvalue weighted by atomic mass is 10.0. The second-order valence-electron chi connectivity index (χ2n) is 9.54. The third kappa shape index (κ3) is 4.65. The molecule has 6 heteroatoms. The van der Waals surface area contributed by atoms with E-state index < -0.39 is 0 Å². The zero-order valence-electron chi connectivity index (χ0n) is 20.4. The quantitative estimate of drug-likeness (QED) is 0.322. The Morgan fingerprint density at radius 2 is 1.91 bits per heavy atom. The summed E-state index contributed by atoms with van der Waals surface area (Å²) in [6.45, 7) is 7.99. The molecule has 0 bridgehead atoms. The van der Waals surface area contributed by atoms with Gasteiger partial charge in [0.15, 0.2) is 0 Å². The van der Waals surface area contributed by atoms with Crippen molar-refractivity contribution >= 4 is 22.6 Å². The maximum atomic E-state index is 13.8. The Kier molecular flexibility index (Phi) is 6.29. The molecule has 1 fully saturated rings. The van der Waals surface area contributed by atoms with Crippen molar-refractivity contribution in [1.82, 2.24) is 9.55 Å². The van der Waals surface area contributed by atoms with Crippen LogP contribution in [0.4, 0.5) is 10.1 Å². The smallest absolute Gasteiger partial charge is 0.227 e. The number of benzene rings is 3. The monoisotopic (exact) mass is 471 g/mol. The summed E-state index contributed by atoms with van der Waals surface area (Å²) in [7, 11) is 0. The SMILES string of the molecule is Cc1ccc(C(C)C)c(OCCn2c(C3CC(=O)N(c4cccc(F)c4)C3)nc3ccccc32)c1. The number of hydrogen-bond acceptors (Lipinski definition) is 3. The highest BCUT2D eigenvalue weighted by Gasteiger charge is 2.35. The summed E-state index contributed by atoms with van der Waals surface area (Å²) in [6, 6.07) is 20.6. The van der Waals surface area contributed by atoms with E-state index in [0.717, 1.165) is 22.6 Å². The maximum Gasteiger partial charge on any atom is 0.227 e. The minimum atomic E-state index is -0.347. The molecule has 35 heavy (non-hydrogen) atoms. The molecule has 1 amide bonds. The maximum absolute atomic E-state index is 13.8. The summed E-state index contributed by atoms with van der Waals surface area (Å²) in [4.78, 5) is 19.4. The first-order valence-electron chi connectivity index (χ1n) is 12.1. The predicted octanol–water partition coefficient (Wildman–Crippen LogP) is 6.21. The lowest BCUT2D eigenvalue weighted by Gasteiger charge is -2.18. The van der Waals surface area contributed by atoms with Gasteiger partial charge in [-0.25, -0.2) is 9.37 Å². The van der Waals surface area contributed by atoms with Crippen molar-refractivity contribution in [2.75, 3.05) is 18.1 Å². The summed E-state index contributed by atoms with van der Waals surface area (Å²) in [6.07, 6.45) is 0.343. The number of fused-ring (bicyclic) bond motifs is 1. The summed E-state index contributed by atoms with van der Waals surface area (Å²) in [5.74, 6) is 1.71. The Balaban J connectivity index is 1.41. The number of rotatable bonds is 7. The van der Waals surface area contributed by atoms with E-state index in [0.29, 0.717) is 37.7 Å². The first kappa shape index (κ1) is 23.1. The molecular weight excluding hydrogens is 441 g/mol. The van der Waals surface area contributed by atoms with Crippen LogP contribution in [0.3, 0.4) is 0 Å². The number of amides is 1. The number of ether oxygens (including phenoxy) is 1. The van der Waals surface area contributed by atoms with Gasteiger partial charge in [0, 0.05) is 24.6 Å². The van der Waals surface area contributed by atoms with Crippen LogP contribution in [0.2, 0.25) is 0 Å². The normalized spacial score (nSPS) is 16.0. The molecule has 0 aliphatic carbocycles. The number of para-hydroxylation sites is 2. The molecule has 3 aromatic carbocycles. The average Bonchev–Trinajstić information content (AvgIpc) is 3.39. The largest absolute Gasteiger partial charge is 0.491 e. The lowest BCUT2D eigenvalue weighted by Crippen LogP contribution is -2.24. The highest BCUT2D eigenvalue weighted by atomic mass is 19.1. The first-order valence-corrected chi connectivity index (χ1v) is 12.1. The van der Waals surface area contributed by atoms with Crippen LogP contribution in [0, 0.1) is 12.7 Å². The summed E-state index contributed by atoms with van der Waals surface area (Å²) in [5, 5.41) is 0. The fourth-order valence-electron chi connectivity index (χ4n) is 4.91. The molecule has 5 nitrogen and oxygen atoms in total. The van der Waals surface area contributed by atoms with E-state index >= 15 is 0 Å². The minimum Gasteiger partial charge on any atom is -0.491 e. The van der Waals surface area contributed by atoms with Gasteiger partial charge in [-0.3, -0.25) is 4.79 Å². The molecular formula is C29H30FN3O2. The van der Waals surface area contributed by atoms with E-state index in [1.165, 1.54) is 23.3 Å². The van der Waals surface area contributed by atoms with Gasteiger partial charge in [0.05, 0.1) is 17.6 Å². The fourth-order valence-corrected chi connectivity index (χ4v) is 4.91. The van der Waals surface area contributed by atoms with E-state index in [9.17, 15) is 9.18 Å². The lowest BCUT2D eigenvalue weighted by molar-refractivity contribution is -0.117. The van der Waals surface area contributed by atoms with E-state index in [2.05, 4.69) is 49.6 Å². The van der Waals surface area contributed by atoms with E-state index in [-0.39, 0.29) is 17.6 Å². The van der Waals surface area contributed by atoms with Gasteiger partial charge in [0.25, 0.3) is 0 Å². The molecule has 0 spiro atoms. The number of carbonyl (C=O) groups is 1. The Morgan fingerprint density at radius 1 is 1.09 bits per heavy atom. The van der Waals surface area contributed by atoms with Crippen molar-refractivity contribution in [3.63, 3.8) is 0 Å². The molecule has 0 saturated carbocycles. The highest BCUT2D eigenvalue weighted by Crippen LogP contribution is 2.34. The van der Waals surface area contributed by atoms with Crippen LogP contribution in [0.1, 0.15) is 49.1 Å². The van der Waals surface area contributed by atoms with Crippen molar-refractivity contribution < 1.29 is 13.9 Å². The Morgan fingerprint density at radius 3 is 2.71 bits per heavy atom. The van der Waals surface area contributed by atoms with Crippen LogP contribution in [0.5, 0.6) is 5.75 Å². The number of halogens is 1. The third-order valence-corrected chi connectivity index (χ3v) is 6.66. The van der Waals surface area contributed by atoms with Crippen LogP contribution in [-0.4, -0.2) is 28.6 Å². The van der Waals surface area contributed by atoms with Crippen molar-refractivity contribution in [3.8, 4) is 5.75 Å². The molecule has 180 valence electrons.